The number of nitrogens with one attached hydrogen (secondary N) is 1. The average molecular weight is 301 g/mol. The van der Waals surface area contributed by atoms with Crippen LogP contribution in [0.15, 0.2) is 42.7 Å². The van der Waals surface area contributed by atoms with Gasteiger partial charge in [0.15, 0.2) is 0 Å². The van der Waals surface area contributed by atoms with E-state index >= 15 is 0 Å². The number of rotatable bonds is 1. The second kappa shape index (κ2) is 5.32. The molecule has 108 valence electrons. The lowest BCUT2D eigenvalue weighted by molar-refractivity contribution is -0.0381. The molecule has 0 spiro atoms. The standard InChI is InChI=1S/C17H17ClN2O/c18-12-3-4-15-14(10-12)17-13(2-1-9-21-17)16(20-15)11-5-7-19-8-6-11/h3-8,10,13,16-17,20H,1-2,9H2. The lowest BCUT2D eigenvalue weighted by Crippen LogP contribution is -2.35. The smallest absolute Gasteiger partial charge is 0.0896 e. The molecule has 0 aliphatic carbocycles. The third-order valence-corrected chi connectivity index (χ3v) is 4.73. The van der Waals surface area contributed by atoms with Crippen molar-refractivity contribution in [3.05, 3.63) is 58.9 Å². The fourth-order valence-corrected chi connectivity index (χ4v) is 3.72. The van der Waals surface area contributed by atoms with Crippen molar-refractivity contribution in [3.63, 3.8) is 0 Å². The van der Waals surface area contributed by atoms with Crippen LogP contribution in [0.2, 0.25) is 5.02 Å². The summed E-state index contributed by atoms with van der Waals surface area (Å²) in [6.45, 7) is 0.830. The molecule has 1 aromatic heterocycles. The monoisotopic (exact) mass is 300 g/mol. The molecule has 2 aliphatic heterocycles. The van der Waals surface area contributed by atoms with Crippen molar-refractivity contribution in [3.8, 4) is 0 Å². The molecule has 0 bridgehead atoms. The van der Waals surface area contributed by atoms with Gasteiger partial charge in [0.2, 0.25) is 0 Å². The van der Waals surface area contributed by atoms with E-state index in [9.17, 15) is 0 Å². The minimum absolute atomic E-state index is 0.131. The number of ether oxygens (including phenoxy) is 1. The van der Waals surface area contributed by atoms with Crippen LogP contribution in [0.4, 0.5) is 5.69 Å². The molecular formula is C17H17ClN2O. The predicted molar refractivity (Wildman–Crippen MR) is 83.5 cm³/mol. The average Bonchev–Trinajstić information content (AvgIpc) is 2.55. The quantitative estimate of drug-likeness (QED) is 0.849. The lowest BCUT2D eigenvalue weighted by atomic mass is 9.78. The Morgan fingerprint density at radius 3 is 2.90 bits per heavy atom. The molecular weight excluding hydrogens is 284 g/mol. The Bertz CT molecular complexity index is 646. The van der Waals surface area contributed by atoms with Gasteiger partial charge in [-0.15, -0.1) is 0 Å². The number of pyridine rings is 1. The number of hydrogen-bond donors (Lipinski definition) is 1. The normalized spacial score (nSPS) is 27.4. The van der Waals surface area contributed by atoms with Crippen molar-refractivity contribution in [1.82, 2.24) is 4.98 Å². The second-order valence-corrected chi connectivity index (χ2v) is 6.17. The van der Waals surface area contributed by atoms with Gasteiger partial charge in [0.25, 0.3) is 0 Å². The summed E-state index contributed by atoms with van der Waals surface area (Å²) in [5, 5.41) is 4.44. The minimum atomic E-state index is 0.131. The summed E-state index contributed by atoms with van der Waals surface area (Å²) < 4.78 is 6.10. The van der Waals surface area contributed by atoms with Gasteiger partial charge in [-0.25, -0.2) is 0 Å². The Morgan fingerprint density at radius 2 is 2.05 bits per heavy atom. The highest BCUT2D eigenvalue weighted by molar-refractivity contribution is 6.30. The Balaban J connectivity index is 1.79. The maximum absolute atomic E-state index is 6.17. The molecule has 3 unspecified atom stereocenters. The van der Waals surface area contributed by atoms with Crippen molar-refractivity contribution in [2.45, 2.75) is 25.0 Å². The van der Waals surface area contributed by atoms with Crippen LogP contribution in [-0.4, -0.2) is 11.6 Å². The first kappa shape index (κ1) is 13.1. The molecule has 0 radical (unpaired) electrons. The van der Waals surface area contributed by atoms with Gasteiger partial charge in [0, 0.05) is 41.2 Å². The van der Waals surface area contributed by atoms with Gasteiger partial charge in [-0.3, -0.25) is 4.98 Å². The highest BCUT2D eigenvalue weighted by Crippen LogP contribution is 2.49. The third-order valence-electron chi connectivity index (χ3n) is 4.49. The SMILES string of the molecule is Clc1ccc2c(c1)C1OCCCC1C(c1ccncc1)N2. The second-order valence-electron chi connectivity index (χ2n) is 5.73. The molecule has 2 aliphatic rings. The van der Waals surface area contributed by atoms with Crippen LogP contribution in [0, 0.1) is 5.92 Å². The maximum Gasteiger partial charge on any atom is 0.0896 e. The van der Waals surface area contributed by atoms with E-state index in [0.717, 1.165) is 30.2 Å². The molecule has 3 heterocycles. The van der Waals surface area contributed by atoms with Crippen LogP contribution in [0.1, 0.15) is 36.1 Å². The number of aromatic nitrogens is 1. The van der Waals surface area contributed by atoms with Gasteiger partial charge in [-0.05, 0) is 48.7 Å². The fourth-order valence-electron chi connectivity index (χ4n) is 3.54. The number of benzene rings is 1. The van der Waals surface area contributed by atoms with Gasteiger partial charge in [0.1, 0.15) is 0 Å². The Hall–Kier alpha value is -1.58. The number of halogens is 1. The van der Waals surface area contributed by atoms with E-state index in [1.165, 1.54) is 11.1 Å². The summed E-state index contributed by atoms with van der Waals surface area (Å²) >= 11 is 6.17. The summed E-state index contributed by atoms with van der Waals surface area (Å²) in [4.78, 5) is 4.12. The van der Waals surface area contributed by atoms with Crippen molar-refractivity contribution in [2.24, 2.45) is 5.92 Å². The Kier molecular flexibility index (Phi) is 3.32. The van der Waals surface area contributed by atoms with Gasteiger partial charge in [-0.2, -0.15) is 0 Å². The van der Waals surface area contributed by atoms with E-state index in [1.807, 2.05) is 24.5 Å². The molecule has 3 nitrogen and oxygen atoms in total. The van der Waals surface area contributed by atoms with E-state index in [4.69, 9.17) is 16.3 Å². The number of hydrogen-bond acceptors (Lipinski definition) is 3. The van der Waals surface area contributed by atoms with Crippen molar-refractivity contribution < 1.29 is 4.74 Å². The molecule has 3 atom stereocenters. The van der Waals surface area contributed by atoms with Crippen LogP contribution in [-0.2, 0) is 4.74 Å². The van der Waals surface area contributed by atoms with Crippen LogP contribution >= 0.6 is 11.6 Å². The number of anilines is 1. The third kappa shape index (κ3) is 2.30. The zero-order chi connectivity index (χ0) is 14.2. The summed E-state index contributed by atoms with van der Waals surface area (Å²) in [5.74, 6) is 0.437. The fraction of sp³-hybridized carbons (Fsp3) is 0.353. The number of fused-ring (bicyclic) bond motifs is 3. The highest BCUT2D eigenvalue weighted by atomic mass is 35.5. The Labute approximate surface area is 129 Å². The zero-order valence-electron chi connectivity index (χ0n) is 11.6. The molecule has 1 N–H and O–H groups in total. The van der Waals surface area contributed by atoms with E-state index in [1.54, 1.807) is 0 Å². The summed E-state index contributed by atoms with van der Waals surface area (Å²) in [6, 6.07) is 10.5. The van der Waals surface area contributed by atoms with Crippen LogP contribution in [0.3, 0.4) is 0 Å². The summed E-state index contributed by atoms with van der Waals surface area (Å²) in [5.41, 5.74) is 3.59. The molecule has 1 fully saturated rings. The molecule has 2 aromatic rings. The van der Waals surface area contributed by atoms with Crippen molar-refractivity contribution >= 4 is 17.3 Å². The molecule has 0 saturated carbocycles. The molecule has 21 heavy (non-hydrogen) atoms. The summed E-state index contributed by atoms with van der Waals surface area (Å²) in [6.07, 6.45) is 6.11. The topological polar surface area (TPSA) is 34.1 Å². The van der Waals surface area contributed by atoms with E-state index in [2.05, 4.69) is 28.5 Å². The van der Waals surface area contributed by atoms with Crippen LogP contribution < -0.4 is 5.32 Å². The van der Waals surface area contributed by atoms with Gasteiger partial charge in [0.05, 0.1) is 12.1 Å². The minimum Gasteiger partial charge on any atom is -0.378 e. The first-order valence-electron chi connectivity index (χ1n) is 7.40. The largest absolute Gasteiger partial charge is 0.378 e. The molecule has 1 saturated heterocycles. The van der Waals surface area contributed by atoms with Crippen molar-refractivity contribution in [1.29, 1.82) is 0 Å². The van der Waals surface area contributed by atoms with Crippen LogP contribution in [0.25, 0.3) is 0 Å². The number of nitrogens with zero attached hydrogens (tertiary/aromatic N) is 1. The Morgan fingerprint density at radius 1 is 1.19 bits per heavy atom. The summed E-state index contributed by atoms with van der Waals surface area (Å²) in [7, 11) is 0. The lowest BCUT2D eigenvalue weighted by Gasteiger charge is -2.43. The van der Waals surface area contributed by atoms with E-state index in [-0.39, 0.29) is 12.1 Å². The zero-order valence-corrected chi connectivity index (χ0v) is 12.4. The molecule has 0 amide bonds. The van der Waals surface area contributed by atoms with Gasteiger partial charge >= 0.3 is 0 Å². The molecule has 4 heteroatoms. The highest BCUT2D eigenvalue weighted by Gasteiger charge is 2.39. The maximum atomic E-state index is 6.17. The van der Waals surface area contributed by atoms with E-state index < -0.39 is 0 Å². The molecule has 4 rings (SSSR count). The van der Waals surface area contributed by atoms with Gasteiger partial charge < -0.3 is 10.1 Å². The first-order valence-corrected chi connectivity index (χ1v) is 7.78. The predicted octanol–water partition coefficient (Wildman–Crippen LogP) is 4.37. The molecule has 1 aromatic carbocycles. The first-order chi connectivity index (χ1) is 10.3. The van der Waals surface area contributed by atoms with Crippen LogP contribution in [0.5, 0.6) is 0 Å². The van der Waals surface area contributed by atoms with E-state index in [0.29, 0.717) is 5.92 Å². The van der Waals surface area contributed by atoms with Gasteiger partial charge in [-0.1, -0.05) is 11.6 Å². The van der Waals surface area contributed by atoms with Crippen molar-refractivity contribution in [2.75, 3.05) is 11.9 Å².